The van der Waals surface area contributed by atoms with Crippen LogP contribution in [0.25, 0.3) is 0 Å². The van der Waals surface area contributed by atoms with Crippen molar-refractivity contribution in [1.29, 1.82) is 5.26 Å². The Labute approximate surface area is 101 Å². The van der Waals surface area contributed by atoms with E-state index in [-0.39, 0.29) is 11.9 Å². The lowest BCUT2D eigenvalue weighted by molar-refractivity contribution is 0.0891. The summed E-state index contributed by atoms with van der Waals surface area (Å²) in [5, 5.41) is 11.8. The van der Waals surface area contributed by atoms with Crippen molar-refractivity contribution >= 4 is 6.03 Å². The molecule has 17 heavy (non-hydrogen) atoms. The van der Waals surface area contributed by atoms with Crippen LogP contribution in [0.2, 0.25) is 0 Å². The van der Waals surface area contributed by atoms with Gasteiger partial charge in [-0.05, 0) is 19.3 Å². The molecule has 3 aliphatic rings. The molecule has 2 saturated heterocycles. The van der Waals surface area contributed by atoms with Gasteiger partial charge in [-0.15, -0.1) is 0 Å². The molecule has 2 aliphatic heterocycles. The van der Waals surface area contributed by atoms with Crippen molar-refractivity contribution in [3.63, 3.8) is 0 Å². The Hall–Kier alpha value is -1.28. The predicted octanol–water partition coefficient (Wildman–Crippen LogP) is 0.388. The van der Waals surface area contributed by atoms with Gasteiger partial charge in [-0.2, -0.15) is 5.26 Å². The molecule has 92 valence electrons. The fraction of sp³-hybridized carbons (Fsp3) is 0.833. The molecule has 2 heterocycles. The molecule has 5 nitrogen and oxygen atoms in total. The van der Waals surface area contributed by atoms with Gasteiger partial charge >= 0.3 is 6.03 Å². The van der Waals surface area contributed by atoms with Gasteiger partial charge in [-0.25, -0.2) is 4.79 Å². The van der Waals surface area contributed by atoms with Crippen LogP contribution in [-0.2, 0) is 0 Å². The quantitative estimate of drug-likeness (QED) is 0.714. The van der Waals surface area contributed by atoms with Gasteiger partial charge in [0.25, 0.3) is 0 Å². The maximum absolute atomic E-state index is 11.5. The Morgan fingerprint density at radius 1 is 1.29 bits per heavy atom. The van der Waals surface area contributed by atoms with Gasteiger partial charge in [0.1, 0.15) is 0 Å². The number of nitrogens with one attached hydrogen (secondary N) is 1. The molecule has 0 aromatic heterocycles. The number of carbonyl (C=O) groups is 1. The molecule has 3 atom stereocenters. The zero-order valence-electron chi connectivity index (χ0n) is 9.93. The average Bonchev–Trinajstić information content (AvgIpc) is 2.96. The smallest absolute Gasteiger partial charge is 0.317 e. The number of nitrogens with zero attached hydrogens (tertiary/aromatic N) is 3. The molecule has 0 unspecified atom stereocenters. The highest BCUT2D eigenvalue weighted by Gasteiger charge is 2.39. The fourth-order valence-electron chi connectivity index (χ4n) is 3.37. The van der Waals surface area contributed by atoms with Crippen LogP contribution in [0.5, 0.6) is 0 Å². The SMILES string of the molecule is N#C[C@@H]1CC[C@@H](N2CCN3C(=O)NC[C@@H]3C2)C1. The number of rotatable bonds is 1. The molecule has 5 heteroatoms. The van der Waals surface area contributed by atoms with Crippen molar-refractivity contribution in [2.75, 3.05) is 26.2 Å². The highest BCUT2D eigenvalue weighted by atomic mass is 16.2. The third kappa shape index (κ3) is 1.87. The van der Waals surface area contributed by atoms with E-state index < -0.39 is 0 Å². The lowest BCUT2D eigenvalue weighted by Crippen LogP contribution is -2.54. The van der Waals surface area contributed by atoms with Gasteiger partial charge in [0.05, 0.1) is 12.1 Å². The number of carbonyl (C=O) groups excluding carboxylic acids is 1. The van der Waals surface area contributed by atoms with Crippen molar-refractivity contribution in [3.8, 4) is 6.07 Å². The zero-order chi connectivity index (χ0) is 11.8. The molecule has 0 aromatic carbocycles. The van der Waals surface area contributed by atoms with E-state index in [9.17, 15) is 4.79 Å². The Kier molecular flexibility index (Phi) is 2.67. The lowest BCUT2D eigenvalue weighted by Gasteiger charge is -2.39. The van der Waals surface area contributed by atoms with E-state index in [0.717, 1.165) is 45.4 Å². The van der Waals surface area contributed by atoms with Gasteiger partial charge in [0.15, 0.2) is 0 Å². The molecule has 0 radical (unpaired) electrons. The Morgan fingerprint density at radius 3 is 2.94 bits per heavy atom. The Morgan fingerprint density at radius 2 is 2.18 bits per heavy atom. The summed E-state index contributed by atoms with van der Waals surface area (Å²) in [7, 11) is 0. The van der Waals surface area contributed by atoms with Crippen LogP contribution in [-0.4, -0.2) is 54.1 Å². The Balaban J connectivity index is 1.61. The molecular weight excluding hydrogens is 216 g/mol. The summed E-state index contributed by atoms with van der Waals surface area (Å²) in [6, 6.07) is 3.39. The van der Waals surface area contributed by atoms with Crippen molar-refractivity contribution in [2.45, 2.75) is 31.3 Å². The minimum absolute atomic E-state index is 0.0935. The van der Waals surface area contributed by atoms with E-state index in [1.54, 1.807) is 0 Å². The number of hydrogen-bond donors (Lipinski definition) is 1. The summed E-state index contributed by atoms with van der Waals surface area (Å²) >= 11 is 0. The number of hydrogen-bond acceptors (Lipinski definition) is 3. The van der Waals surface area contributed by atoms with E-state index >= 15 is 0 Å². The first-order valence-corrected chi connectivity index (χ1v) is 6.46. The average molecular weight is 234 g/mol. The molecule has 1 saturated carbocycles. The number of fused-ring (bicyclic) bond motifs is 1. The molecule has 2 amide bonds. The van der Waals surface area contributed by atoms with Gasteiger partial charge in [0.2, 0.25) is 0 Å². The van der Waals surface area contributed by atoms with Gasteiger partial charge < -0.3 is 10.2 Å². The largest absolute Gasteiger partial charge is 0.336 e. The van der Waals surface area contributed by atoms with E-state index in [0.29, 0.717) is 12.1 Å². The first-order valence-electron chi connectivity index (χ1n) is 6.46. The molecule has 0 aromatic rings. The monoisotopic (exact) mass is 234 g/mol. The first kappa shape index (κ1) is 10.8. The summed E-state index contributed by atoms with van der Waals surface area (Å²) < 4.78 is 0. The normalized spacial score (nSPS) is 37.7. The van der Waals surface area contributed by atoms with E-state index in [2.05, 4.69) is 16.3 Å². The summed E-state index contributed by atoms with van der Waals surface area (Å²) in [4.78, 5) is 15.9. The molecule has 3 rings (SSSR count). The molecule has 0 spiro atoms. The van der Waals surface area contributed by atoms with Crippen LogP contribution >= 0.6 is 0 Å². The third-order valence-electron chi connectivity index (χ3n) is 4.37. The molecule has 0 bridgehead atoms. The topological polar surface area (TPSA) is 59.4 Å². The van der Waals surface area contributed by atoms with Gasteiger partial charge in [-0.1, -0.05) is 0 Å². The zero-order valence-corrected chi connectivity index (χ0v) is 9.93. The van der Waals surface area contributed by atoms with Crippen LogP contribution < -0.4 is 5.32 Å². The second-order valence-corrected chi connectivity index (χ2v) is 5.32. The summed E-state index contributed by atoms with van der Waals surface area (Å²) in [6.07, 6.45) is 3.21. The fourth-order valence-corrected chi connectivity index (χ4v) is 3.37. The third-order valence-corrected chi connectivity index (χ3v) is 4.37. The summed E-state index contributed by atoms with van der Waals surface area (Å²) in [6.45, 7) is 3.56. The van der Waals surface area contributed by atoms with E-state index in [4.69, 9.17) is 5.26 Å². The van der Waals surface area contributed by atoms with Crippen LogP contribution in [0.15, 0.2) is 0 Å². The number of piperazine rings is 1. The van der Waals surface area contributed by atoms with Crippen LogP contribution in [0, 0.1) is 17.2 Å². The number of amides is 2. The lowest BCUT2D eigenvalue weighted by atomic mass is 10.1. The van der Waals surface area contributed by atoms with E-state index in [1.807, 2.05) is 4.90 Å². The Bertz CT molecular complexity index is 364. The minimum Gasteiger partial charge on any atom is -0.336 e. The van der Waals surface area contributed by atoms with Crippen molar-refractivity contribution < 1.29 is 4.79 Å². The molecule has 3 fully saturated rings. The minimum atomic E-state index is 0.0935. The standard InChI is InChI=1S/C12H18N4O/c13-6-9-1-2-10(5-9)15-3-4-16-11(8-15)7-14-12(16)17/h9-11H,1-5,7-8H2,(H,14,17)/t9-,10-,11-/m1/s1. The van der Waals surface area contributed by atoms with Crippen molar-refractivity contribution in [2.24, 2.45) is 5.92 Å². The molecular formula is C12H18N4O. The summed E-state index contributed by atoms with van der Waals surface area (Å²) in [5.41, 5.74) is 0. The van der Waals surface area contributed by atoms with E-state index in [1.165, 1.54) is 0 Å². The van der Waals surface area contributed by atoms with Crippen molar-refractivity contribution in [1.82, 2.24) is 15.1 Å². The second kappa shape index (κ2) is 4.19. The van der Waals surface area contributed by atoms with Gasteiger partial charge in [-0.3, -0.25) is 4.90 Å². The van der Waals surface area contributed by atoms with Crippen LogP contribution in [0.1, 0.15) is 19.3 Å². The number of nitriles is 1. The second-order valence-electron chi connectivity index (χ2n) is 5.32. The predicted molar refractivity (Wildman–Crippen MR) is 62.2 cm³/mol. The number of urea groups is 1. The van der Waals surface area contributed by atoms with Crippen LogP contribution in [0.3, 0.4) is 0 Å². The highest BCUT2D eigenvalue weighted by molar-refractivity contribution is 5.77. The molecule has 1 N–H and O–H groups in total. The maximum atomic E-state index is 11.5. The van der Waals surface area contributed by atoms with Gasteiger partial charge in [0, 0.05) is 38.1 Å². The van der Waals surface area contributed by atoms with Crippen LogP contribution in [0.4, 0.5) is 4.79 Å². The first-order chi connectivity index (χ1) is 8.28. The highest BCUT2D eigenvalue weighted by Crippen LogP contribution is 2.30. The van der Waals surface area contributed by atoms with Crippen molar-refractivity contribution in [3.05, 3.63) is 0 Å². The maximum Gasteiger partial charge on any atom is 0.317 e. The summed E-state index contributed by atoms with van der Waals surface area (Å²) in [5.74, 6) is 0.251. The molecule has 1 aliphatic carbocycles.